The Hall–Kier alpha value is -2.04. The van der Waals surface area contributed by atoms with Gasteiger partial charge in [-0.15, -0.1) is 0 Å². The van der Waals surface area contributed by atoms with Crippen molar-refractivity contribution in [3.05, 3.63) is 35.9 Å². The number of nitrogen functional groups attached to an aromatic ring is 1. The summed E-state index contributed by atoms with van der Waals surface area (Å²) in [4.78, 5) is 4.57. The third-order valence-electron chi connectivity index (χ3n) is 3.24. The Kier molecular flexibility index (Phi) is 3.11. The Morgan fingerprint density at radius 1 is 1.42 bits per heavy atom. The van der Waals surface area contributed by atoms with Crippen LogP contribution in [-0.2, 0) is 13.5 Å². The number of ether oxygens (including phenoxy) is 1. The molecule has 2 N–H and O–H groups in total. The summed E-state index contributed by atoms with van der Waals surface area (Å²) in [5.41, 5.74) is 6.41. The average Bonchev–Trinajstić information content (AvgIpc) is 3.14. The quantitative estimate of drug-likeness (QED) is 0.832. The maximum atomic E-state index is 5.70. The SMILES string of the molecule is Cn1nc(CCOc2cccc(N)c2)nc1C1CC1. The molecule has 1 aliphatic rings. The van der Waals surface area contributed by atoms with E-state index in [2.05, 4.69) is 10.1 Å². The standard InChI is InChI=1S/C14H18N4O/c1-18-14(10-5-6-10)16-13(17-18)7-8-19-12-4-2-3-11(15)9-12/h2-4,9-10H,5-8,15H2,1H3. The first-order valence-electron chi connectivity index (χ1n) is 6.60. The van der Waals surface area contributed by atoms with Gasteiger partial charge in [-0.05, 0) is 25.0 Å². The lowest BCUT2D eigenvalue weighted by molar-refractivity contribution is 0.319. The highest BCUT2D eigenvalue weighted by molar-refractivity contribution is 5.43. The topological polar surface area (TPSA) is 66.0 Å². The molecule has 0 unspecified atom stereocenters. The van der Waals surface area contributed by atoms with Crippen LogP contribution in [-0.4, -0.2) is 21.4 Å². The van der Waals surface area contributed by atoms with Gasteiger partial charge in [0.1, 0.15) is 11.6 Å². The van der Waals surface area contributed by atoms with E-state index in [1.165, 1.54) is 12.8 Å². The summed E-state index contributed by atoms with van der Waals surface area (Å²) in [5, 5.41) is 4.42. The van der Waals surface area contributed by atoms with Crippen LogP contribution in [0.5, 0.6) is 5.75 Å². The van der Waals surface area contributed by atoms with E-state index in [4.69, 9.17) is 10.5 Å². The molecule has 1 aromatic carbocycles. The van der Waals surface area contributed by atoms with Crippen molar-refractivity contribution in [3.8, 4) is 5.75 Å². The van der Waals surface area contributed by atoms with E-state index in [0.29, 0.717) is 18.2 Å². The molecule has 0 aliphatic heterocycles. The highest BCUT2D eigenvalue weighted by Gasteiger charge is 2.28. The van der Waals surface area contributed by atoms with Gasteiger partial charge in [-0.2, -0.15) is 5.10 Å². The van der Waals surface area contributed by atoms with E-state index in [1.807, 2.05) is 36.0 Å². The number of nitrogens with two attached hydrogens (primary N) is 1. The fourth-order valence-electron chi connectivity index (χ4n) is 2.12. The Bertz CT molecular complexity index is 575. The summed E-state index contributed by atoms with van der Waals surface area (Å²) >= 11 is 0. The van der Waals surface area contributed by atoms with Crippen molar-refractivity contribution in [3.63, 3.8) is 0 Å². The highest BCUT2D eigenvalue weighted by atomic mass is 16.5. The number of nitrogens with zero attached hydrogens (tertiary/aromatic N) is 3. The lowest BCUT2D eigenvalue weighted by Gasteiger charge is -2.04. The van der Waals surface area contributed by atoms with Crippen LogP contribution in [0.15, 0.2) is 24.3 Å². The van der Waals surface area contributed by atoms with Gasteiger partial charge < -0.3 is 10.5 Å². The van der Waals surface area contributed by atoms with Gasteiger partial charge in [-0.3, -0.25) is 4.68 Å². The van der Waals surface area contributed by atoms with Crippen LogP contribution in [0.4, 0.5) is 5.69 Å². The van der Waals surface area contributed by atoms with Gasteiger partial charge in [0.05, 0.1) is 6.61 Å². The molecule has 1 fully saturated rings. The number of anilines is 1. The molecule has 19 heavy (non-hydrogen) atoms. The number of hydrogen-bond donors (Lipinski definition) is 1. The minimum atomic E-state index is 0.567. The van der Waals surface area contributed by atoms with Crippen LogP contribution >= 0.6 is 0 Å². The number of hydrogen-bond acceptors (Lipinski definition) is 4. The molecule has 0 spiro atoms. The van der Waals surface area contributed by atoms with Gasteiger partial charge >= 0.3 is 0 Å². The zero-order valence-corrected chi connectivity index (χ0v) is 11.0. The van der Waals surface area contributed by atoms with Crippen molar-refractivity contribution in [2.24, 2.45) is 7.05 Å². The van der Waals surface area contributed by atoms with Crippen LogP contribution in [0, 0.1) is 0 Å². The van der Waals surface area contributed by atoms with Crippen molar-refractivity contribution in [2.75, 3.05) is 12.3 Å². The Morgan fingerprint density at radius 2 is 2.26 bits per heavy atom. The fraction of sp³-hybridized carbons (Fsp3) is 0.429. The first kappa shape index (κ1) is 12.0. The molecule has 100 valence electrons. The number of rotatable bonds is 5. The normalized spacial score (nSPS) is 14.6. The second kappa shape index (κ2) is 4.91. The van der Waals surface area contributed by atoms with Crippen molar-refractivity contribution in [1.29, 1.82) is 0 Å². The van der Waals surface area contributed by atoms with Gasteiger partial charge in [0, 0.05) is 31.1 Å². The number of aromatic nitrogens is 3. The molecule has 1 saturated carbocycles. The van der Waals surface area contributed by atoms with E-state index >= 15 is 0 Å². The van der Waals surface area contributed by atoms with Gasteiger partial charge in [0.2, 0.25) is 0 Å². The summed E-state index contributed by atoms with van der Waals surface area (Å²) < 4.78 is 7.54. The van der Waals surface area contributed by atoms with Crippen molar-refractivity contribution < 1.29 is 4.74 Å². The minimum absolute atomic E-state index is 0.567. The molecule has 1 heterocycles. The lowest BCUT2D eigenvalue weighted by Crippen LogP contribution is -2.03. The van der Waals surface area contributed by atoms with E-state index in [1.54, 1.807) is 0 Å². The molecular formula is C14H18N4O. The first-order valence-corrected chi connectivity index (χ1v) is 6.60. The molecule has 0 saturated heterocycles. The maximum absolute atomic E-state index is 5.70. The van der Waals surface area contributed by atoms with Gasteiger partial charge in [0.15, 0.2) is 5.82 Å². The van der Waals surface area contributed by atoms with Crippen LogP contribution in [0.3, 0.4) is 0 Å². The van der Waals surface area contributed by atoms with Gasteiger partial charge in [0.25, 0.3) is 0 Å². The Morgan fingerprint density at radius 3 is 3.00 bits per heavy atom. The third kappa shape index (κ3) is 2.86. The van der Waals surface area contributed by atoms with Crippen LogP contribution in [0.2, 0.25) is 0 Å². The third-order valence-corrected chi connectivity index (χ3v) is 3.24. The van der Waals surface area contributed by atoms with Crippen LogP contribution in [0.1, 0.15) is 30.4 Å². The molecular weight excluding hydrogens is 240 g/mol. The zero-order chi connectivity index (χ0) is 13.2. The molecule has 1 aliphatic carbocycles. The summed E-state index contributed by atoms with van der Waals surface area (Å²) in [5.74, 6) is 3.38. The molecule has 5 nitrogen and oxygen atoms in total. The molecule has 3 rings (SSSR count). The van der Waals surface area contributed by atoms with Gasteiger partial charge in [-0.1, -0.05) is 6.07 Å². The number of benzene rings is 1. The summed E-state index contributed by atoms with van der Waals surface area (Å²) in [6.07, 6.45) is 3.20. The molecule has 0 amide bonds. The second-order valence-electron chi connectivity index (χ2n) is 4.96. The molecule has 0 radical (unpaired) electrons. The van der Waals surface area contributed by atoms with Crippen molar-refractivity contribution >= 4 is 5.69 Å². The monoisotopic (exact) mass is 258 g/mol. The summed E-state index contributed by atoms with van der Waals surface area (Å²) in [6, 6.07) is 7.45. The van der Waals surface area contributed by atoms with Crippen molar-refractivity contribution in [1.82, 2.24) is 14.8 Å². The second-order valence-corrected chi connectivity index (χ2v) is 4.96. The first-order chi connectivity index (χ1) is 9.22. The molecule has 1 aromatic heterocycles. The molecule has 5 heteroatoms. The largest absolute Gasteiger partial charge is 0.493 e. The van der Waals surface area contributed by atoms with E-state index in [9.17, 15) is 0 Å². The van der Waals surface area contributed by atoms with Crippen molar-refractivity contribution in [2.45, 2.75) is 25.2 Å². The predicted molar refractivity (Wildman–Crippen MR) is 73.0 cm³/mol. The van der Waals surface area contributed by atoms with Crippen LogP contribution < -0.4 is 10.5 Å². The lowest BCUT2D eigenvalue weighted by atomic mass is 10.3. The van der Waals surface area contributed by atoms with Gasteiger partial charge in [-0.25, -0.2) is 4.98 Å². The molecule has 0 bridgehead atoms. The highest BCUT2D eigenvalue weighted by Crippen LogP contribution is 2.38. The molecule has 2 aromatic rings. The van der Waals surface area contributed by atoms with E-state index in [0.717, 1.165) is 23.8 Å². The Labute approximate surface area is 112 Å². The maximum Gasteiger partial charge on any atom is 0.154 e. The van der Waals surface area contributed by atoms with E-state index < -0.39 is 0 Å². The van der Waals surface area contributed by atoms with E-state index in [-0.39, 0.29) is 0 Å². The summed E-state index contributed by atoms with van der Waals surface area (Å²) in [6.45, 7) is 0.567. The smallest absolute Gasteiger partial charge is 0.154 e. The molecule has 0 atom stereocenters. The summed E-state index contributed by atoms with van der Waals surface area (Å²) in [7, 11) is 1.96. The number of aryl methyl sites for hydroxylation is 1. The predicted octanol–water partition coefficient (Wildman–Crippen LogP) is 1.90. The van der Waals surface area contributed by atoms with Crippen LogP contribution in [0.25, 0.3) is 0 Å². The zero-order valence-electron chi connectivity index (χ0n) is 11.0. The minimum Gasteiger partial charge on any atom is -0.493 e. The fourth-order valence-corrected chi connectivity index (χ4v) is 2.12. The average molecular weight is 258 g/mol. The Balaban J connectivity index is 1.56.